The standard InChI is InChI=1S/C8H8O4S/c1-3-5(7(9)10)6(8(11)12)4(2)13-3/h1-2H3,(H,9,10)(H,11,12). The van der Waals surface area contributed by atoms with Crippen molar-refractivity contribution in [3.8, 4) is 0 Å². The number of carboxylic acid groups (broad SMARTS) is 2. The van der Waals surface area contributed by atoms with E-state index in [9.17, 15) is 9.59 Å². The molecule has 0 spiro atoms. The van der Waals surface area contributed by atoms with Crippen LogP contribution in [0.5, 0.6) is 0 Å². The molecule has 0 saturated carbocycles. The van der Waals surface area contributed by atoms with Crippen LogP contribution in [-0.2, 0) is 0 Å². The third-order valence-electron chi connectivity index (χ3n) is 1.69. The fourth-order valence-corrected chi connectivity index (χ4v) is 2.24. The molecule has 0 radical (unpaired) electrons. The van der Waals surface area contributed by atoms with Gasteiger partial charge in [0.15, 0.2) is 0 Å². The van der Waals surface area contributed by atoms with Crippen molar-refractivity contribution in [1.82, 2.24) is 0 Å². The van der Waals surface area contributed by atoms with Crippen molar-refractivity contribution in [3.63, 3.8) is 0 Å². The van der Waals surface area contributed by atoms with Crippen molar-refractivity contribution in [2.24, 2.45) is 0 Å². The highest BCUT2D eigenvalue weighted by Crippen LogP contribution is 2.27. The Morgan fingerprint density at radius 2 is 1.31 bits per heavy atom. The number of thiophene rings is 1. The molecule has 1 aromatic rings. The first-order valence-corrected chi connectivity index (χ1v) is 4.33. The molecule has 2 N–H and O–H groups in total. The lowest BCUT2D eigenvalue weighted by atomic mass is 10.1. The Bertz CT molecular complexity index is 343. The molecule has 0 aliphatic carbocycles. The number of hydrogen-bond donors (Lipinski definition) is 2. The third-order valence-corrected chi connectivity index (χ3v) is 2.71. The predicted octanol–water partition coefficient (Wildman–Crippen LogP) is 1.76. The van der Waals surface area contributed by atoms with Gasteiger partial charge in [0.25, 0.3) is 0 Å². The largest absolute Gasteiger partial charge is 0.478 e. The summed E-state index contributed by atoms with van der Waals surface area (Å²) in [6, 6.07) is 0. The van der Waals surface area contributed by atoms with Crippen LogP contribution in [0.3, 0.4) is 0 Å². The molecule has 0 fully saturated rings. The van der Waals surface area contributed by atoms with Gasteiger partial charge in [0.05, 0.1) is 11.1 Å². The lowest BCUT2D eigenvalue weighted by Gasteiger charge is -1.95. The molecule has 0 aromatic carbocycles. The first kappa shape index (κ1) is 9.73. The smallest absolute Gasteiger partial charge is 0.337 e. The van der Waals surface area contributed by atoms with E-state index >= 15 is 0 Å². The van der Waals surface area contributed by atoms with Gasteiger partial charge in [-0.2, -0.15) is 0 Å². The molecule has 1 rings (SSSR count). The maximum Gasteiger partial charge on any atom is 0.337 e. The third kappa shape index (κ3) is 1.55. The number of aromatic carboxylic acids is 2. The number of carbonyl (C=O) groups is 2. The Hall–Kier alpha value is -1.36. The van der Waals surface area contributed by atoms with Crippen molar-refractivity contribution in [3.05, 3.63) is 20.9 Å². The SMILES string of the molecule is Cc1sc(C)c(C(=O)O)c1C(=O)O. The molecule has 1 aromatic heterocycles. The van der Waals surface area contributed by atoms with Gasteiger partial charge >= 0.3 is 11.9 Å². The highest BCUT2D eigenvalue weighted by molar-refractivity contribution is 7.12. The van der Waals surface area contributed by atoms with Crippen molar-refractivity contribution in [1.29, 1.82) is 0 Å². The molecule has 0 saturated heterocycles. The van der Waals surface area contributed by atoms with Crippen LogP contribution in [0.1, 0.15) is 30.5 Å². The van der Waals surface area contributed by atoms with Crippen molar-refractivity contribution in [2.75, 3.05) is 0 Å². The average molecular weight is 200 g/mol. The molecule has 0 bridgehead atoms. The minimum absolute atomic E-state index is 0.0880. The molecule has 0 atom stereocenters. The molecule has 0 amide bonds. The summed E-state index contributed by atoms with van der Waals surface area (Å²) in [6.07, 6.45) is 0. The van der Waals surface area contributed by atoms with Crippen LogP contribution < -0.4 is 0 Å². The Kier molecular flexibility index (Phi) is 2.38. The molecule has 4 nitrogen and oxygen atoms in total. The summed E-state index contributed by atoms with van der Waals surface area (Å²) < 4.78 is 0. The second-order valence-corrected chi connectivity index (χ2v) is 4.00. The number of rotatable bonds is 2. The van der Waals surface area contributed by atoms with E-state index in [4.69, 9.17) is 10.2 Å². The van der Waals surface area contributed by atoms with E-state index < -0.39 is 11.9 Å². The molecule has 70 valence electrons. The molecule has 5 heteroatoms. The van der Waals surface area contributed by atoms with Crippen LogP contribution >= 0.6 is 11.3 Å². The normalized spacial score (nSPS) is 10.0. The molecule has 0 aliphatic rings. The summed E-state index contributed by atoms with van der Waals surface area (Å²) in [4.78, 5) is 22.5. The van der Waals surface area contributed by atoms with Crippen LogP contribution in [-0.4, -0.2) is 22.2 Å². The molecule has 0 aliphatic heterocycles. The molecular weight excluding hydrogens is 192 g/mol. The summed E-state index contributed by atoms with van der Waals surface area (Å²) in [5, 5.41) is 17.5. The van der Waals surface area contributed by atoms with Crippen molar-refractivity contribution >= 4 is 23.3 Å². The van der Waals surface area contributed by atoms with E-state index in [-0.39, 0.29) is 11.1 Å². The van der Waals surface area contributed by atoms with Gasteiger partial charge in [0.2, 0.25) is 0 Å². The van der Waals surface area contributed by atoms with E-state index in [0.717, 1.165) is 0 Å². The van der Waals surface area contributed by atoms with Crippen LogP contribution in [0, 0.1) is 13.8 Å². The van der Waals surface area contributed by atoms with Gasteiger partial charge in [-0.3, -0.25) is 0 Å². The lowest BCUT2D eigenvalue weighted by molar-refractivity contribution is 0.0651. The van der Waals surface area contributed by atoms with Gasteiger partial charge in [-0.15, -0.1) is 11.3 Å². The Labute approximate surface area is 78.4 Å². The van der Waals surface area contributed by atoms with Gasteiger partial charge in [0, 0.05) is 9.75 Å². The number of aryl methyl sites for hydroxylation is 2. The maximum atomic E-state index is 10.7. The molecular formula is C8H8O4S. The lowest BCUT2D eigenvalue weighted by Crippen LogP contribution is -2.07. The van der Waals surface area contributed by atoms with Gasteiger partial charge in [0.1, 0.15) is 0 Å². The Morgan fingerprint density at radius 3 is 1.54 bits per heavy atom. The number of carboxylic acids is 2. The maximum absolute atomic E-state index is 10.7. The second-order valence-electron chi connectivity index (χ2n) is 2.57. The van der Waals surface area contributed by atoms with E-state index in [1.807, 2.05) is 0 Å². The summed E-state index contributed by atoms with van der Waals surface area (Å²) in [7, 11) is 0. The topological polar surface area (TPSA) is 74.6 Å². The zero-order valence-electron chi connectivity index (χ0n) is 7.12. The number of hydrogen-bond acceptors (Lipinski definition) is 3. The highest BCUT2D eigenvalue weighted by Gasteiger charge is 2.23. The quantitative estimate of drug-likeness (QED) is 0.762. The van der Waals surface area contributed by atoms with Crippen LogP contribution in [0.25, 0.3) is 0 Å². The van der Waals surface area contributed by atoms with E-state index in [2.05, 4.69) is 0 Å². The van der Waals surface area contributed by atoms with Crippen molar-refractivity contribution < 1.29 is 19.8 Å². The Balaban J connectivity index is 3.47. The van der Waals surface area contributed by atoms with Gasteiger partial charge in [-0.05, 0) is 13.8 Å². The predicted molar refractivity (Wildman–Crippen MR) is 47.7 cm³/mol. The van der Waals surface area contributed by atoms with Crippen molar-refractivity contribution in [2.45, 2.75) is 13.8 Å². The summed E-state index contributed by atoms with van der Waals surface area (Å²) in [5.41, 5.74) is -0.176. The summed E-state index contributed by atoms with van der Waals surface area (Å²) in [6.45, 7) is 3.21. The van der Waals surface area contributed by atoms with E-state index in [0.29, 0.717) is 9.75 Å². The zero-order valence-corrected chi connectivity index (χ0v) is 7.94. The fourth-order valence-electron chi connectivity index (χ4n) is 1.20. The summed E-state index contributed by atoms with van der Waals surface area (Å²) in [5.74, 6) is -2.36. The Morgan fingerprint density at radius 1 is 1.00 bits per heavy atom. The van der Waals surface area contributed by atoms with E-state index in [1.165, 1.54) is 11.3 Å². The van der Waals surface area contributed by atoms with Crippen LogP contribution in [0.2, 0.25) is 0 Å². The minimum atomic E-state index is -1.18. The first-order valence-electron chi connectivity index (χ1n) is 3.51. The van der Waals surface area contributed by atoms with Crippen LogP contribution in [0.15, 0.2) is 0 Å². The first-order chi connectivity index (χ1) is 5.95. The second kappa shape index (κ2) is 3.18. The van der Waals surface area contributed by atoms with Crippen LogP contribution in [0.4, 0.5) is 0 Å². The van der Waals surface area contributed by atoms with E-state index in [1.54, 1.807) is 13.8 Å². The molecule has 1 heterocycles. The fraction of sp³-hybridized carbons (Fsp3) is 0.250. The average Bonchev–Trinajstić information content (AvgIpc) is 2.24. The zero-order chi connectivity index (χ0) is 10.2. The van der Waals surface area contributed by atoms with Gasteiger partial charge < -0.3 is 10.2 Å². The monoisotopic (exact) mass is 200 g/mol. The van der Waals surface area contributed by atoms with Gasteiger partial charge in [-0.25, -0.2) is 9.59 Å². The highest BCUT2D eigenvalue weighted by atomic mass is 32.1. The molecule has 13 heavy (non-hydrogen) atoms. The summed E-state index contributed by atoms with van der Waals surface area (Å²) >= 11 is 1.19. The minimum Gasteiger partial charge on any atom is -0.478 e. The molecule has 0 unspecified atom stereocenters. The van der Waals surface area contributed by atoms with Gasteiger partial charge in [-0.1, -0.05) is 0 Å².